The minimum Gasteiger partial charge on any atom is -0.481 e. The predicted octanol–water partition coefficient (Wildman–Crippen LogP) is 1.50. The Bertz CT molecular complexity index is 250. The Labute approximate surface area is 84.4 Å². The lowest BCUT2D eigenvalue weighted by Gasteiger charge is -2.26. The highest BCUT2D eigenvalue weighted by atomic mass is 16.4. The Morgan fingerprint density at radius 3 is 2.86 bits per heavy atom. The van der Waals surface area contributed by atoms with Gasteiger partial charge in [0.15, 0.2) is 0 Å². The second-order valence-electron chi connectivity index (χ2n) is 4.25. The van der Waals surface area contributed by atoms with Crippen LogP contribution in [0.15, 0.2) is 12.2 Å². The molecule has 2 unspecified atom stereocenters. The molecule has 0 aromatic heterocycles. The normalized spacial score (nSPS) is 33.4. The van der Waals surface area contributed by atoms with E-state index < -0.39 is 5.97 Å². The van der Waals surface area contributed by atoms with E-state index in [1.807, 2.05) is 0 Å². The van der Waals surface area contributed by atoms with E-state index in [0.29, 0.717) is 6.04 Å². The molecule has 1 N–H and O–H groups in total. The smallest absolute Gasteiger partial charge is 0.307 e. The molecule has 1 aliphatic heterocycles. The second kappa shape index (κ2) is 4.13. The standard InChI is InChI=1S/C11H17NO2/c13-11(14)9-6-7-12(8-9)10-4-2-1-3-5-10/h2,4,9-10H,1,3,5-8H2,(H,13,14). The van der Waals surface area contributed by atoms with Crippen LogP contribution in [-0.2, 0) is 4.79 Å². The minimum absolute atomic E-state index is 0.134. The van der Waals surface area contributed by atoms with Crippen LogP contribution in [0.2, 0.25) is 0 Å². The molecule has 0 saturated carbocycles. The number of likely N-dealkylation sites (tertiary alicyclic amines) is 1. The van der Waals surface area contributed by atoms with Crippen molar-refractivity contribution in [3.05, 3.63) is 12.2 Å². The molecule has 0 aromatic rings. The Morgan fingerprint density at radius 1 is 1.43 bits per heavy atom. The van der Waals surface area contributed by atoms with Gasteiger partial charge in [0.25, 0.3) is 0 Å². The molecule has 78 valence electrons. The first-order valence-electron chi connectivity index (χ1n) is 5.41. The molecule has 2 atom stereocenters. The third-order valence-electron chi connectivity index (χ3n) is 3.27. The van der Waals surface area contributed by atoms with Crippen LogP contribution in [0.25, 0.3) is 0 Å². The summed E-state index contributed by atoms with van der Waals surface area (Å²) in [5.41, 5.74) is 0. The van der Waals surface area contributed by atoms with Crippen molar-refractivity contribution in [2.45, 2.75) is 31.7 Å². The summed E-state index contributed by atoms with van der Waals surface area (Å²) in [6, 6.07) is 0.507. The van der Waals surface area contributed by atoms with Crippen molar-refractivity contribution in [3.63, 3.8) is 0 Å². The number of allylic oxidation sites excluding steroid dienone is 1. The lowest BCUT2D eigenvalue weighted by atomic mass is 10.0. The van der Waals surface area contributed by atoms with E-state index in [1.165, 1.54) is 19.3 Å². The van der Waals surface area contributed by atoms with Gasteiger partial charge in [0.1, 0.15) is 0 Å². The lowest BCUT2D eigenvalue weighted by molar-refractivity contribution is -0.141. The fourth-order valence-corrected chi connectivity index (χ4v) is 2.39. The average Bonchev–Trinajstić information content (AvgIpc) is 2.68. The highest BCUT2D eigenvalue weighted by Gasteiger charge is 2.31. The van der Waals surface area contributed by atoms with Crippen LogP contribution in [0.4, 0.5) is 0 Å². The Kier molecular flexibility index (Phi) is 2.87. The van der Waals surface area contributed by atoms with E-state index in [9.17, 15) is 4.79 Å². The van der Waals surface area contributed by atoms with Crippen molar-refractivity contribution >= 4 is 5.97 Å². The van der Waals surface area contributed by atoms with Gasteiger partial charge in [-0.05, 0) is 32.2 Å². The Balaban J connectivity index is 1.91. The van der Waals surface area contributed by atoms with Crippen LogP contribution in [0.5, 0.6) is 0 Å². The van der Waals surface area contributed by atoms with Crippen LogP contribution < -0.4 is 0 Å². The van der Waals surface area contributed by atoms with Crippen molar-refractivity contribution in [2.24, 2.45) is 5.92 Å². The van der Waals surface area contributed by atoms with E-state index in [1.54, 1.807) is 0 Å². The van der Waals surface area contributed by atoms with E-state index >= 15 is 0 Å². The van der Waals surface area contributed by atoms with E-state index in [2.05, 4.69) is 17.1 Å². The van der Waals surface area contributed by atoms with Gasteiger partial charge in [-0.25, -0.2) is 0 Å². The van der Waals surface area contributed by atoms with Gasteiger partial charge in [-0.3, -0.25) is 9.69 Å². The van der Waals surface area contributed by atoms with Crippen LogP contribution in [0, 0.1) is 5.92 Å². The number of carboxylic acid groups (broad SMARTS) is 1. The molecule has 2 aliphatic rings. The first-order valence-corrected chi connectivity index (χ1v) is 5.41. The number of nitrogens with zero attached hydrogens (tertiary/aromatic N) is 1. The monoisotopic (exact) mass is 195 g/mol. The van der Waals surface area contributed by atoms with Gasteiger partial charge in [-0.1, -0.05) is 12.2 Å². The third-order valence-corrected chi connectivity index (χ3v) is 3.27. The summed E-state index contributed by atoms with van der Waals surface area (Å²) in [5.74, 6) is -0.766. The molecule has 3 nitrogen and oxygen atoms in total. The maximum atomic E-state index is 10.8. The number of aliphatic carboxylic acids is 1. The fraction of sp³-hybridized carbons (Fsp3) is 0.727. The van der Waals surface area contributed by atoms with Gasteiger partial charge in [0.2, 0.25) is 0 Å². The number of carboxylic acids is 1. The molecule has 0 aromatic carbocycles. The zero-order chi connectivity index (χ0) is 9.97. The topological polar surface area (TPSA) is 40.5 Å². The van der Waals surface area contributed by atoms with Crippen molar-refractivity contribution in [2.75, 3.05) is 13.1 Å². The maximum absolute atomic E-state index is 10.8. The van der Waals surface area contributed by atoms with E-state index in [0.717, 1.165) is 19.5 Å². The highest BCUT2D eigenvalue weighted by molar-refractivity contribution is 5.70. The van der Waals surface area contributed by atoms with Crippen molar-refractivity contribution < 1.29 is 9.90 Å². The fourth-order valence-electron chi connectivity index (χ4n) is 2.39. The SMILES string of the molecule is O=C(O)C1CCN(C2C=CCCC2)C1. The van der Waals surface area contributed by atoms with E-state index in [4.69, 9.17) is 5.11 Å². The summed E-state index contributed by atoms with van der Waals surface area (Å²) in [6.45, 7) is 1.69. The molecule has 2 rings (SSSR count). The van der Waals surface area contributed by atoms with Crippen LogP contribution >= 0.6 is 0 Å². The number of carbonyl (C=O) groups is 1. The summed E-state index contributed by atoms with van der Waals surface area (Å²) in [5, 5.41) is 8.88. The molecule has 0 amide bonds. The zero-order valence-electron chi connectivity index (χ0n) is 8.35. The van der Waals surface area contributed by atoms with Gasteiger partial charge in [-0.15, -0.1) is 0 Å². The Hall–Kier alpha value is -0.830. The first kappa shape index (κ1) is 9.71. The zero-order valence-corrected chi connectivity index (χ0v) is 8.35. The molecule has 1 saturated heterocycles. The van der Waals surface area contributed by atoms with Gasteiger partial charge < -0.3 is 5.11 Å². The maximum Gasteiger partial charge on any atom is 0.307 e. The quantitative estimate of drug-likeness (QED) is 0.679. The largest absolute Gasteiger partial charge is 0.481 e. The van der Waals surface area contributed by atoms with Crippen LogP contribution in [0.1, 0.15) is 25.7 Å². The summed E-state index contributed by atoms with van der Waals surface area (Å²) in [7, 11) is 0. The van der Waals surface area contributed by atoms with E-state index in [-0.39, 0.29) is 5.92 Å². The molecule has 1 fully saturated rings. The van der Waals surface area contributed by atoms with Gasteiger partial charge in [-0.2, -0.15) is 0 Å². The summed E-state index contributed by atoms with van der Waals surface area (Å²) < 4.78 is 0. The second-order valence-corrected chi connectivity index (χ2v) is 4.25. The highest BCUT2D eigenvalue weighted by Crippen LogP contribution is 2.24. The van der Waals surface area contributed by atoms with Crippen molar-refractivity contribution in [1.29, 1.82) is 0 Å². The van der Waals surface area contributed by atoms with Gasteiger partial charge >= 0.3 is 5.97 Å². The molecule has 14 heavy (non-hydrogen) atoms. The molecule has 1 aliphatic carbocycles. The first-order chi connectivity index (χ1) is 6.77. The third kappa shape index (κ3) is 1.98. The van der Waals surface area contributed by atoms with Gasteiger partial charge in [0, 0.05) is 12.6 Å². The molecule has 0 spiro atoms. The average molecular weight is 195 g/mol. The van der Waals surface area contributed by atoms with Crippen LogP contribution in [0.3, 0.4) is 0 Å². The number of hydrogen-bond donors (Lipinski definition) is 1. The Morgan fingerprint density at radius 2 is 2.29 bits per heavy atom. The van der Waals surface area contributed by atoms with Crippen molar-refractivity contribution in [3.8, 4) is 0 Å². The number of hydrogen-bond acceptors (Lipinski definition) is 2. The van der Waals surface area contributed by atoms with Crippen LogP contribution in [-0.4, -0.2) is 35.1 Å². The van der Waals surface area contributed by atoms with Crippen molar-refractivity contribution in [1.82, 2.24) is 4.90 Å². The minimum atomic E-state index is -0.632. The predicted molar refractivity (Wildman–Crippen MR) is 54.1 cm³/mol. The lowest BCUT2D eigenvalue weighted by Crippen LogP contribution is -2.33. The molecule has 0 radical (unpaired) electrons. The number of rotatable bonds is 2. The van der Waals surface area contributed by atoms with Gasteiger partial charge in [0.05, 0.1) is 5.92 Å². The summed E-state index contributed by atoms with van der Waals surface area (Å²) >= 11 is 0. The summed E-state index contributed by atoms with van der Waals surface area (Å²) in [4.78, 5) is 13.1. The molecule has 0 bridgehead atoms. The molecular weight excluding hydrogens is 178 g/mol. The molecular formula is C11H17NO2. The molecule has 1 heterocycles. The summed E-state index contributed by atoms with van der Waals surface area (Å²) in [6.07, 6.45) is 8.92. The molecule has 3 heteroatoms.